The summed E-state index contributed by atoms with van der Waals surface area (Å²) in [6.45, 7) is 1.93. The Morgan fingerprint density at radius 2 is 2.07 bits per heavy atom. The molecule has 142 valence electrons. The van der Waals surface area contributed by atoms with Gasteiger partial charge in [0.2, 0.25) is 0 Å². The Bertz CT molecular complexity index is 1230. The van der Waals surface area contributed by atoms with Crippen LogP contribution in [0.3, 0.4) is 0 Å². The number of rotatable bonds is 5. The highest BCUT2D eigenvalue weighted by molar-refractivity contribution is 7.99. The number of aromatic nitrogens is 2. The minimum absolute atomic E-state index is 0.0406. The van der Waals surface area contributed by atoms with E-state index in [1.807, 2.05) is 55.5 Å². The molecular weight excluding hydrogens is 384 g/mol. The quantitative estimate of drug-likeness (QED) is 0.356. The number of hydrogen-bond acceptors (Lipinski definition) is 5. The van der Waals surface area contributed by atoms with Crippen LogP contribution in [0.1, 0.15) is 11.3 Å². The highest BCUT2D eigenvalue weighted by Crippen LogP contribution is 2.29. The lowest BCUT2D eigenvalue weighted by atomic mass is 10.2. The van der Waals surface area contributed by atoms with Crippen molar-refractivity contribution in [1.82, 2.24) is 9.97 Å². The van der Waals surface area contributed by atoms with Crippen molar-refractivity contribution in [2.24, 2.45) is 0 Å². The summed E-state index contributed by atoms with van der Waals surface area (Å²) in [6, 6.07) is 20.5. The second-order valence-corrected chi connectivity index (χ2v) is 7.30. The van der Waals surface area contributed by atoms with Crippen LogP contribution in [0.4, 0.5) is 5.69 Å². The van der Waals surface area contributed by atoms with Crippen LogP contribution in [0.15, 0.2) is 80.9 Å². The SMILES string of the molecule is Cc1cccc(NC(=O)/C(C#N)=C\c2ccc(Sc3nc4ccccc4[nH]3)o2)c1. The molecule has 4 aromatic rings. The van der Waals surface area contributed by atoms with Gasteiger partial charge in [-0.25, -0.2) is 4.98 Å². The van der Waals surface area contributed by atoms with E-state index in [-0.39, 0.29) is 5.57 Å². The zero-order chi connectivity index (χ0) is 20.2. The van der Waals surface area contributed by atoms with Crippen molar-refractivity contribution >= 4 is 40.5 Å². The van der Waals surface area contributed by atoms with E-state index in [9.17, 15) is 10.1 Å². The third-order valence-corrected chi connectivity index (χ3v) is 4.90. The Kier molecular flexibility index (Phi) is 5.18. The summed E-state index contributed by atoms with van der Waals surface area (Å²) >= 11 is 1.34. The van der Waals surface area contributed by atoms with Crippen molar-refractivity contribution in [3.05, 3.63) is 77.6 Å². The Morgan fingerprint density at radius 1 is 1.21 bits per heavy atom. The first-order valence-corrected chi connectivity index (χ1v) is 9.64. The fourth-order valence-corrected chi connectivity index (χ4v) is 3.52. The average molecular weight is 400 g/mol. The number of aryl methyl sites for hydroxylation is 1. The molecule has 0 unspecified atom stereocenters. The third kappa shape index (κ3) is 4.39. The minimum Gasteiger partial charge on any atom is -0.450 e. The zero-order valence-corrected chi connectivity index (χ0v) is 16.3. The van der Waals surface area contributed by atoms with Crippen LogP contribution in [-0.4, -0.2) is 15.9 Å². The number of furan rings is 1. The number of benzene rings is 2. The summed E-state index contributed by atoms with van der Waals surface area (Å²) in [5, 5.41) is 13.4. The van der Waals surface area contributed by atoms with Gasteiger partial charge >= 0.3 is 0 Å². The van der Waals surface area contributed by atoms with E-state index in [4.69, 9.17) is 4.42 Å². The molecule has 29 heavy (non-hydrogen) atoms. The van der Waals surface area contributed by atoms with Crippen molar-refractivity contribution in [3.8, 4) is 6.07 Å². The van der Waals surface area contributed by atoms with Gasteiger partial charge in [0.05, 0.1) is 11.0 Å². The standard InChI is InChI=1S/C22H16N4O2S/c1-14-5-4-6-16(11-14)24-21(27)15(13-23)12-17-9-10-20(28-17)29-22-25-18-7-2-3-8-19(18)26-22/h2-12H,1H3,(H,24,27)(H,25,26)/b15-12-. The highest BCUT2D eigenvalue weighted by atomic mass is 32.2. The van der Waals surface area contributed by atoms with Crippen LogP contribution in [0.2, 0.25) is 0 Å². The van der Waals surface area contributed by atoms with Gasteiger partial charge in [-0.2, -0.15) is 5.26 Å². The average Bonchev–Trinajstić information content (AvgIpc) is 3.32. The van der Waals surface area contributed by atoms with Gasteiger partial charge in [-0.3, -0.25) is 4.79 Å². The molecule has 6 nitrogen and oxygen atoms in total. The molecule has 0 saturated heterocycles. The van der Waals surface area contributed by atoms with Gasteiger partial charge in [0, 0.05) is 11.8 Å². The number of imidazole rings is 1. The molecule has 7 heteroatoms. The van der Waals surface area contributed by atoms with Gasteiger partial charge in [0.25, 0.3) is 5.91 Å². The van der Waals surface area contributed by atoms with E-state index < -0.39 is 5.91 Å². The molecule has 0 spiro atoms. The molecule has 2 heterocycles. The Hall–Kier alpha value is -3.76. The van der Waals surface area contributed by atoms with Gasteiger partial charge in [-0.15, -0.1) is 0 Å². The van der Waals surface area contributed by atoms with Crippen molar-refractivity contribution in [3.63, 3.8) is 0 Å². The highest BCUT2D eigenvalue weighted by Gasteiger charge is 2.12. The van der Waals surface area contributed by atoms with E-state index in [1.165, 1.54) is 17.8 Å². The molecule has 4 rings (SSSR count). The molecule has 0 saturated carbocycles. The van der Waals surface area contributed by atoms with Crippen molar-refractivity contribution in [2.45, 2.75) is 17.2 Å². The molecule has 0 aliphatic carbocycles. The maximum atomic E-state index is 12.4. The lowest BCUT2D eigenvalue weighted by molar-refractivity contribution is -0.112. The predicted molar refractivity (Wildman–Crippen MR) is 112 cm³/mol. The minimum atomic E-state index is -0.485. The lowest BCUT2D eigenvalue weighted by Gasteiger charge is -2.04. The number of nitrogens with zero attached hydrogens (tertiary/aromatic N) is 2. The van der Waals surface area contributed by atoms with Crippen LogP contribution < -0.4 is 5.32 Å². The summed E-state index contributed by atoms with van der Waals surface area (Å²) in [7, 11) is 0. The molecule has 2 N–H and O–H groups in total. The molecule has 0 fully saturated rings. The number of amides is 1. The van der Waals surface area contributed by atoms with Crippen LogP contribution in [0, 0.1) is 18.3 Å². The van der Waals surface area contributed by atoms with Crippen molar-refractivity contribution in [1.29, 1.82) is 5.26 Å². The molecule has 1 amide bonds. The molecule has 2 aromatic heterocycles. The van der Waals surface area contributed by atoms with Gasteiger partial charge < -0.3 is 14.7 Å². The summed E-state index contributed by atoms with van der Waals surface area (Å²) in [5.41, 5.74) is 3.43. The lowest BCUT2D eigenvalue weighted by Crippen LogP contribution is -2.13. The van der Waals surface area contributed by atoms with Crippen LogP contribution in [0.5, 0.6) is 0 Å². The van der Waals surface area contributed by atoms with Crippen LogP contribution in [0.25, 0.3) is 17.1 Å². The summed E-state index contributed by atoms with van der Waals surface area (Å²) in [5.74, 6) is -0.0689. The van der Waals surface area contributed by atoms with Gasteiger partial charge in [0.1, 0.15) is 17.4 Å². The zero-order valence-electron chi connectivity index (χ0n) is 15.5. The number of carbonyl (C=O) groups is 1. The van der Waals surface area contributed by atoms with Crippen molar-refractivity contribution < 1.29 is 9.21 Å². The van der Waals surface area contributed by atoms with E-state index in [2.05, 4.69) is 15.3 Å². The molecule has 2 aromatic carbocycles. The van der Waals surface area contributed by atoms with Crippen LogP contribution >= 0.6 is 11.8 Å². The van der Waals surface area contributed by atoms with E-state index in [0.717, 1.165) is 16.6 Å². The largest absolute Gasteiger partial charge is 0.450 e. The van der Waals surface area contributed by atoms with Crippen LogP contribution in [-0.2, 0) is 4.79 Å². The second-order valence-electron chi connectivity index (χ2n) is 6.31. The maximum Gasteiger partial charge on any atom is 0.266 e. The third-order valence-electron chi connectivity index (χ3n) is 4.09. The number of nitriles is 1. The number of aromatic amines is 1. The summed E-state index contributed by atoms with van der Waals surface area (Å²) < 4.78 is 5.73. The topological polar surface area (TPSA) is 94.7 Å². The molecule has 0 atom stereocenters. The Morgan fingerprint density at radius 3 is 2.86 bits per heavy atom. The number of para-hydroxylation sites is 2. The normalized spacial score (nSPS) is 11.4. The number of anilines is 1. The fourth-order valence-electron chi connectivity index (χ4n) is 2.75. The molecule has 0 radical (unpaired) electrons. The van der Waals surface area contributed by atoms with E-state index >= 15 is 0 Å². The first kappa shape index (κ1) is 18.6. The Balaban J connectivity index is 1.49. The first-order valence-electron chi connectivity index (χ1n) is 8.83. The smallest absolute Gasteiger partial charge is 0.266 e. The van der Waals surface area contributed by atoms with Gasteiger partial charge in [0.15, 0.2) is 10.2 Å². The number of H-pyrrole nitrogens is 1. The van der Waals surface area contributed by atoms with E-state index in [1.54, 1.807) is 18.2 Å². The number of hydrogen-bond donors (Lipinski definition) is 2. The molecule has 0 aliphatic rings. The number of carbonyl (C=O) groups excluding carboxylic acids is 1. The Labute approximate surface area is 171 Å². The fraction of sp³-hybridized carbons (Fsp3) is 0.0455. The number of fused-ring (bicyclic) bond motifs is 1. The molecule has 0 aliphatic heterocycles. The molecule has 0 bridgehead atoms. The monoisotopic (exact) mass is 400 g/mol. The van der Waals surface area contributed by atoms with Crippen molar-refractivity contribution in [2.75, 3.05) is 5.32 Å². The summed E-state index contributed by atoms with van der Waals surface area (Å²) in [4.78, 5) is 20.1. The van der Waals surface area contributed by atoms with Gasteiger partial charge in [-0.05, 0) is 60.6 Å². The second kappa shape index (κ2) is 8.09. The first-order chi connectivity index (χ1) is 14.1. The van der Waals surface area contributed by atoms with E-state index in [0.29, 0.717) is 21.7 Å². The predicted octanol–water partition coefficient (Wildman–Crippen LogP) is 5.16. The molecular formula is C22H16N4O2S. The summed E-state index contributed by atoms with van der Waals surface area (Å²) in [6.07, 6.45) is 1.42. The number of nitrogens with one attached hydrogen (secondary N) is 2. The maximum absolute atomic E-state index is 12.4. The van der Waals surface area contributed by atoms with Gasteiger partial charge in [-0.1, -0.05) is 24.3 Å².